The van der Waals surface area contributed by atoms with E-state index in [-0.39, 0.29) is 5.76 Å². The molecule has 0 saturated heterocycles. The van der Waals surface area contributed by atoms with Gasteiger partial charge in [0.15, 0.2) is 0 Å². The van der Waals surface area contributed by atoms with Gasteiger partial charge < -0.3 is 10.8 Å². The van der Waals surface area contributed by atoms with E-state index in [0.29, 0.717) is 13.0 Å². The standard InChI is InChI=1S/C5H11NO/c1-5(7)3-2-4-6/h7H,1-4,6H2. The van der Waals surface area contributed by atoms with Crippen molar-refractivity contribution < 1.29 is 5.11 Å². The Morgan fingerprint density at radius 1 is 1.71 bits per heavy atom. The molecule has 0 aromatic carbocycles. The summed E-state index contributed by atoms with van der Waals surface area (Å²) in [6.45, 7) is 3.92. The van der Waals surface area contributed by atoms with Crippen molar-refractivity contribution in [3.63, 3.8) is 0 Å². The molecule has 0 saturated carbocycles. The summed E-state index contributed by atoms with van der Waals surface area (Å²) in [5, 5.41) is 8.43. The summed E-state index contributed by atoms with van der Waals surface area (Å²) >= 11 is 0. The predicted octanol–water partition coefficient (Wildman–Crippen LogP) is 0.797. The lowest BCUT2D eigenvalue weighted by molar-refractivity contribution is 0.388. The SMILES string of the molecule is C=C(O)CCCN. The Morgan fingerprint density at radius 3 is 2.43 bits per heavy atom. The van der Waals surface area contributed by atoms with E-state index in [1.165, 1.54) is 0 Å². The minimum absolute atomic E-state index is 0.227. The van der Waals surface area contributed by atoms with Crippen molar-refractivity contribution in [3.05, 3.63) is 12.3 Å². The minimum atomic E-state index is 0.227. The van der Waals surface area contributed by atoms with Gasteiger partial charge in [0.25, 0.3) is 0 Å². The van der Waals surface area contributed by atoms with Gasteiger partial charge in [-0.1, -0.05) is 6.58 Å². The van der Waals surface area contributed by atoms with Gasteiger partial charge in [0, 0.05) is 6.42 Å². The third kappa shape index (κ3) is 5.50. The molecule has 0 bridgehead atoms. The zero-order valence-corrected chi connectivity index (χ0v) is 4.35. The van der Waals surface area contributed by atoms with Crippen molar-refractivity contribution in [1.29, 1.82) is 0 Å². The van der Waals surface area contributed by atoms with Crippen LogP contribution in [0.1, 0.15) is 12.8 Å². The number of allylic oxidation sites excluding steroid dienone is 1. The molecule has 0 aliphatic carbocycles. The average molecular weight is 101 g/mol. The van der Waals surface area contributed by atoms with E-state index in [2.05, 4.69) is 6.58 Å². The fourth-order valence-corrected chi connectivity index (χ4v) is 0.306. The van der Waals surface area contributed by atoms with Crippen molar-refractivity contribution in [1.82, 2.24) is 0 Å². The van der Waals surface area contributed by atoms with E-state index in [1.807, 2.05) is 0 Å². The molecule has 42 valence electrons. The fraction of sp³-hybridized carbons (Fsp3) is 0.600. The van der Waals surface area contributed by atoms with Crippen molar-refractivity contribution in [3.8, 4) is 0 Å². The van der Waals surface area contributed by atoms with Crippen molar-refractivity contribution >= 4 is 0 Å². The largest absolute Gasteiger partial charge is 0.513 e. The molecule has 0 amide bonds. The van der Waals surface area contributed by atoms with Gasteiger partial charge >= 0.3 is 0 Å². The molecule has 0 aromatic rings. The van der Waals surface area contributed by atoms with Crippen LogP contribution < -0.4 is 5.73 Å². The number of nitrogens with two attached hydrogens (primary N) is 1. The second-order valence-electron chi connectivity index (χ2n) is 1.46. The highest BCUT2D eigenvalue weighted by molar-refractivity contribution is 4.77. The third-order valence-corrected chi connectivity index (χ3v) is 0.669. The second-order valence-corrected chi connectivity index (χ2v) is 1.46. The Bertz CT molecular complexity index is 61.1. The first-order chi connectivity index (χ1) is 3.27. The summed E-state index contributed by atoms with van der Waals surface area (Å²) < 4.78 is 0. The van der Waals surface area contributed by atoms with Crippen LogP contribution in [0.2, 0.25) is 0 Å². The lowest BCUT2D eigenvalue weighted by Gasteiger charge is -1.91. The smallest absolute Gasteiger partial charge is 0.0851 e. The molecule has 0 aromatic heterocycles. The molecule has 2 heteroatoms. The highest BCUT2D eigenvalue weighted by atomic mass is 16.3. The topological polar surface area (TPSA) is 46.2 Å². The van der Waals surface area contributed by atoms with Gasteiger partial charge in [0.2, 0.25) is 0 Å². The number of hydrogen-bond donors (Lipinski definition) is 2. The Hall–Kier alpha value is -0.500. The number of aliphatic hydroxyl groups is 1. The predicted molar refractivity (Wildman–Crippen MR) is 30.1 cm³/mol. The van der Waals surface area contributed by atoms with E-state index in [0.717, 1.165) is 6.42 Å². The molecule has 0 heterocycles. The van der Waals surface area contributed by atoms with Gasteiger partial charge in [-0.2, -0.15) is 0 Å². The van der Waals surface area contributed by atoms with Gasteiger partial charge in [-0.15, -0.1) is 0 Å². The van der Waals surface area contributed by atoms with Crippen LogP contribution in [-0.4, -0.2) is 11.7 Å². The lowest BCUT2D eigenvalue weighted by Crippen LogP contribution is -1.97. The van der Waals surface area contributed by atoms with Gasteiger partial charge in [0.05, 0.1) is 5.76 Å². The number of aliphatic hydroxyl groups excluding tert-OH is 1. The number of rotatable bonds is 3. The van der Waals surface area contributed by atoms with E-state index in [4.69, 9.17) is 10.8 Å². The highest BCUT2D eigenvalue weighted by Gasteiger charge is 1.83. The molecule has 0 aliphatic heterocycles. The molecule has 0 fully saturated rings. The molecular weight excluding hydrogens is 90.1 g/mol. The van der Waals surface area contributed by atoms with Crippen LogP contribution in [0.15, 0.2) is 12.3 Å². The average Bonchev–Trinajstić information content (AvgIpc) is 1.61. The first-order valence-corrected chi connectivity index (χ1v) is 2.34. The molecule has 0 atom stereocenters. The van der Waals surface area contributed by atoms with Crippen LogP contribution in [0.3, 0.4) is 0 Å². The van der Waals surface area contributed by atoms with Crippen LogP contribution in [0.4, 0.5) is 0 Å². The maximum absolute atomic E-state index is 8.43. The fourth-order valence-electron chi connectivity index (χ4n) is 0.306. The van der Waals surface area contributed by atoms with Crippen molar-refractivity contribution in [2.75, 3.05) is 6.54 Å². The van der Waals surface area contributed by atoms with Crippen LogP contribution >= 0.6 is 0 Å². The molecule has 0 aliphatic rings. The summed E-state index contributed by atoms with van der Waals surface area (Å²) in [5.74, 6) is 0.227. The Kier molecular flexibility index (Phi) is 3.42. The van der Waals surface area contributed by atoms with Crippen molar-refractivity contribution in [2.45, 2.75) is 12.8 Å². The van der Waals surface area contributed by atoms with Crippen molar-refractivity contribution in [2.24, 2.45) is 5.73 Å². The van der Waals surface area contributed by atoms with Crippen LogP contribution in [0.5, 0.6) is 0 Å². The van der Waals surface area contributed by atoms with Crippen LogP contribution in [0.25, 0.3) is 0 Å². The molecule has 2 nitrogen and oxygen atoms in total. The maximum Gasteiger partial charge on any atom is 0.0851 e. The van der Waals surface area contributed by atoms with Crippen LogP contribution in [-0.2, 0) is 0 Å². The monoisotopic (exact) mass is 101 g/mol. The van der Waals surface area contributed by atoms with E-state index in [9.17, 15) is 0 Å². The normalized spacial score (nSPS) is 8.71. The van der Waals surface area contributed by atoms with Gasteiger partial charge in [-0.25, -0.2) is 0 Å². The van der Waals surface area contributed by atoms with Gasteiger partial charge in [-0.3, -0.25) is 0 Å². The summed E-state index contributed by atoms with van der Waals surface area (Å²) in [7, 11) is 0. The number of hydrogen-bond acceptors (Lipinski definition) is 2. The van der Waals surface area contributed by atoms with Gasteiger partial charge in [-0.05, 0) is 13.0 Å². The first-order valence-electron chi connectivity index (χ1n) is 2.34. The maximum atomic E-state index is 8.43. The Labute approximate surface area is 43.6 Å². The van der Waals surface area contributed by atoms with Crippen LogP contribution in [0, 0.1) is 0 Å². The zero-order chi connectivity index (χ0) is 5.70. The lowest BCUT2D eigenvalue weighted by atomic mass is 10.3. The highest BCUT2D eigenvalue weighted by Crippen LogP contribution is 1.93. The summed E-state index contributed by atoms with van der Waals surface area (Å²) in [4.78, 5) is 0. The Morgan fingerprint density at radius 2 is 2.29 bits per heavy atom. The molecule has 0 rings (SSSR count). The minimum Gasteiger partial charge on any atom is -0.513 e. The van der Waals surface area contributed by atoms with E-state index in [1.54, 1.807) is 0 Å². The summed E-state index contributed by atoms with van der Waals surface area (Å²) in [6, 6.07) is 0. The summed E-state index contributed by atoms with van der Waals surface area (Å²) in [6.07, 6.45) is 1.46. The Balaban J connectivity index is 2.82. The molecule has 7 heavy (non-hydrogen) atoms. The molecular formula is C5H11NO. The molecule has 0 spiro atoms. The van der Waals surface area contributed by atoms with E-state index < -0.39 is 0 Å². The molecule has 0 unspecified atom stereocenters. The van der Waals surface area contributed by atoms with Gasteiger partial charge in [0.1, 0.15) is 0 Å². The summed E-state index contributed by atoms with van der Waals surface area (Å²) in [5.41, 5.74) is 5.12. The molecule has 0 radical (unpaired) electrons. The third-order valence-electron chi connectivity index (χ3n) is 0.669. The van der Waals surface area contributed by atoms with E-state index >= 15 is 0 Å². The molecule has 3 N–H and O–H groups in total. The zero-order valence-electron chi connectivity index (χ0n) is 4.35. The second kappa shape index (κ2) is 3.68. The first kappa shape index (κ1) is 6.50. The quantitative estimate of drug-likeness (QED) is 0.516.